The predicted molar refractivity (Wildman–Crippen MR) is 65.7 cm³/mol. The molecule has 2 aliphatic carbocycles. The van der Waals surface area contributed by atoms with Crippen LogP contribution in [0.5, 0.6) is 0 Å². The number of rotatable bonds is 2. The first-order valence-electron chi connectivity index (χ1n) is 6.08. The molecule has 0 aliphatic heterocycles. The van der Waals surface area contributed by atoms with E-state index in [0.717, 1.165) is 18.8 Å². The zero-order valence-electron chi connectivity index (χ0n) is 9.45. The first kappa shape index (κ1) is 11.9. The van der Waals surface area contributed by atoms with Gasteiger partial charge in [0.15, 0.2) is 0 Å². The Morgan fingerprint density at radius 2 is 1.50 bits per heavy atom. The third-order valence-corrected chi connectivity index (χ3v) is 5.03. The van der Waals surface area contributed by atoms with E-state index in [1.807, 2.05) is 0 Å². The number of halogens is 1. The van der Waals surface area contributed by atoms with Gasteiger partial charge in [0, 0.05) is 17.2 Å². The van der Waals surface area contributed by atoms with E-state index in [1.165, 1.54) is 19.3 Å². The summed E-state index contributed by atoms with van der Waals surface area (Å²) < 4.78 is 0.233. The van der Waals surface area contributed by atoms with E-state index >= 15 is 0 Å². The van der Waals surface area contributed by atoms with Crippen LogP contribution in [0.1, 0.15) is 44.9 Å². The third kappa shape index (κ3) is 2.58. The molecular weight excluding hydrogens is 264 g/mol. The van der Waals surface area contributed by atoms with Crippen molar-refractivity contribution in [3.8, 4) is 12.1 Å². The quantitative estimate of drug-likeness (QED) is 0.723. The van der Waals surface area contributed by atoms with Gasteiger partial charge >= 0.3 is 0 Å². The molecule has 3 heteroatoms. The van der Waals surface area contributed by atoms with Crippen LogP contribution in [-0.4, -0.2) is 4.32 Å². The molecular formula is C13H17BrN2. The maximum absolute atomic E-state index is 8.79. The zero-order chi connectivity index (χ0) is 11.6. The molecule has 2 nitrogen and oxygen atoms in total. The summed E-state index contributed by atoms with van der Waals surface area (Å²) in [5.41, 5.74) is 0. The topological polar surface area (TPSA) is 47.6 Å². The minimum atomic E-state index is 0.233. The van der Waals surface area contributed by atoms with Crippen molar-refractivity contribution in [3.05, 3.63) is 0 Å². The lowest BCUT2D eigenvalue weighted by atomic mass is 9.63. The fourth-order valence-electron chi connectivity index (χ4n) is 3.74. The van der Waals surface area contributed by atoms with Crippen molar-refractivity contribution < 1.29 is 0 Å². The second kappa shape index (κ2) is 4.76. The Labute approximate surface area is 106 Å². The smallest absolute Gasteiger partial charge is 0.0624 e. The fraction of sp³-hybridized carbons (Fsp3) is 0.846. The number of nitriles is 2. The second-order valence-electron chi connectivity index (χ2n) is 5.56. The van der Waals surface area contributed by atoms with Gasteiger partial charge in [0.05, 0.1) is 12.1 Å². The Hall–Kier alpha value is -0.540. The molecule has 0 N–H and O–H groups in total. The molecule has 0 aromatic heterocycles. The highest BCUT2D eigenvalue weighted by atomic mass is 79.9. The van der Waals surface area contributed by atoms with Crippen LogP contribution in [-0.2, 0) is 0 Å². The molecule has 2 unspecified atom stereocenters. The van der Waals surface area contributed by atoms with E-state index in [-0.39, 0.29) is 4.32 Å². The summed E-state index contributed by atoms with van der Waals surface area (Å²) in [6.45, 7) is 0. The number of fused-ring (bicyclic) bond motifs is 2. The zero-order valence-corrected chi connectivity index (χ0v) is 11.0. The summed E-state index contributed by atoms with van der Waals surface area (Å²) in [4.78, 5) is 0. The Morgan fingerprint density at radius 1 is 1.00 bits per heavy atom. The average Bonchev–Trinajstić information content (AvgIpc) is 2.15. The largest absolute Gasteiger partial charge is 0.198 e. The highest BCUT2D eigenvalue weighted by molar-refractivity contribution is 9.10. The van der Waals surface area contributed by atoms with Crippen molar-refractivity contribution in [1.29, 1.82) is 10.5 Å². The van der Waals surface area contributed by atoms with E-state index in [4.69, 9.17) is 10.5 Å². The van der Waals surface area contributed by atoms with Crippen molar-refractivity contribution in [2.45, 2.75) is 49.3 Å². The normalized spacial score (nSPS) is 42.1. The van der Waals surface area contributed by atoms with Gasteiger partial charge in [-0.25, -0.2) is 0 Å². The predicted octanol–water partition coefficient (Wildman–Crippen LogP) is 3.77. The minimum Gasteiger partial charge on any atom is -0.198 e. The SMILES string of the molecule is N#CCC1CC2CC(CC#N)CC(Br)(C1)C2. The third-order valence-electron chi connectivity index (χ3n) is 4.06. The van der Waals surface area contributed by atoms with Crippen LogP contribution in [0.4, 0.5) is 0 Å². The molecule has 0 aromatic carbocycles. The van der Waals surface area contributed by atoms with Gasteiger partial charge in [-0.1, -0.05) is 15.9 Å². The second-order valence-corrected chi connectivity index (χ2v) is 7.24. The molecule has 2 rings (SSSR count). The molecule has 2 atom stereocenters. The van der Waals surface area contributed by atoms with Gasteiger partial charge in [0.1, 0.15) is 0 Å². The van der Waals surface area contributed by atoms with Crippen LogP contribution in [0, 0.1) is 40.4 Å². The molecule has 0 heterocycles. The Kier molecular flexibility index (Phi) is 3.55. The highest BCUT2D eigenvalue weighted by Crippen LogP contribution is 2.53. The molecule has 86 valence electrons. The number of hydrogen-bond acceptors (Lipinski definition) is 2. The van der Waals surface area contributed by atoms with Crippen LogP contribution in [0.15, 0.2) is 0 Å². The van der Waals surface area contributed by atoms with Crippen molar-refractivity contribution in [2.24, 2.45) is 17.8 Å². The van der Waals surface area contributed by atoms with Gasteiger partial charge in [-0.3, -0.25) is 0 Å². The molecule has 2 bridgehead atoms. The summed E-state index contributed by atoms with van der Waals surface area (Å²) in [5.74, 6) is 1.89. The van der Waals surface area contributed by atoms with Gasteiger partial charge in [0.2, 0.25) is 0 Å². The average molecular weight is 281 g/mol. The molecule has 16 heavy (non-hydrogen) atoms. The monoisotopic (exact) mass is 280 g/mol. The van der Waals surface area contributed by atoms with Crippen LogP contribution in [0.25, 0.3) is 0 Å². The standard InChI is InChI=1S/C13H17BrN2/c14-13-7-10(1-3-15)5-12(9-13)6-11(8-13)2-4-16/h10-12H,1-2,5-9H2. The Bertz CT molecular complexity index is 311. The van der Waals surface area contributed by atoms with Gasteiger partial charge in [-0.2, -0.15) is 10.5 Å². The lowest BCUT2D eigenvalue weighted by Crippen LogP contribution is -2.41. The summed E-state index contributed by atoms with van der Waals surface area (Å²) in [7, 11) is 0. The maximum Gasteiger partial charge on any atom is 0.0624 e. The first-order valence-corrected chi connectivity index (χ1v) is 6.87. The lowest BCUT2D eigenvalue weighted by Gasteiger charge is -2.47. The summed E-state index contributed by atoms with van der Waals surface area (Å²) in [5, 5.41) is 17.6. The molecule has 0 spiro atoms. The molecule has 0 amide bonds. The summed E-state index contributed by atoms with van der Waals surface area (Å²) >= 11 is 3.89. The molecule has 2 aliphatic rings. The van der Waals surface area contributed by atoms with Gasteiger partial charge in [-0.05, 0) is 49.9 Å². The van der Waals surface area contributed by atoms with Crippen LogP contribution in [0.2, 0.25) is 0 Å². The Morgan fingerprint density at radius 3 is 1.88 bits per heavy atom. The first-order chi connectivity index (χ1) is 7.65. The molecule has 2 saturated carbocycles. The van der Waals surface area contributed by atoms with E-state index in [0.29, 0.717) is 24.7 Å². The fourth-order valence-corrected chi connectivity index (χ4v) is 5.12. The molecule has 0 aromatic rings. The lowest BCUT2D eigenvalue weighted by molar-refractivity contribution is 0.126. The van der Waals surface area contributed by atoms with Crippen LogP contribution < -0.4 is 0 Å². The Balaban J connectivity index is 2.03. The molecule has 2 fully saturated rings. The number of nitrogens with zero attached hydrogens (tertiary/aromatic N) is 2. The summed E-state index contributed by atoms with van der Waals surface area (Å²) in [6, 6.07) is 4.61. The van der Waals surface area contributed by atoms with E-state index in [1.54, 1.807) is 0 Å². The minimum absolute atomic E-state index is 0.233. The number of alkyl halides is 1. The van der Waals surface area contributed by atoms with Crippen LogP contribution >= 0.6 is 15.9 Å². The van der Waals surface area contributed by atoms with Crippen LogP contribution in [0.3, 0.4) is 0 Å². The van der Waals surface area contributed by atoms with Crippen molar-refractivity contribution in [1.82, 2.24) is 0 Å². The molecule has 0 saturated heterocycles. The van der Waals surface area contributed by atoms with Crippen molar-refractivity contribution in [3.63, 3.8) is 0 Å². The van der Waals surface area contributed by atoms with Gasteiger partial charge in [-0.15, -0.1) is 0 Å². The van der Waals surface area contributed by atoms with E-state index < -0.39 is 0 Å². The van der Waals surface area contributed by atoms with Gasteiger partial charge < -0.3 is 0 Å². The van der Waals surface area contributed by atoms with E-state index in [2.05, 4.69) is 28.1 Å². The van der Waals surface area contributed by atoms with Crippen molar-refractivity contribution in [2.75, 3.05) is 0 Å². The van der Waals surface area contributed by atoms with E-state index in [9.17, 15) is 0 Å². The van der Waals surface area contributed by atoms with Crippen molar-refractivity contribution >= 4 is 15.9 Å². The van der Waals surface area contributed by atoms with Gasteiger partial charge in [0.25, 0.3) is 0 Å². The summed E-state index contributed by atoms with van der Waals surface area (Å²) in [6.07, 6.45) is 7.29. The number of hydrogen-bond donors (Lipinski definition) is 0. The maximum atomic E-state index is 8.79. The highest BCUT2D eigenvalue weighted by Gasteiger charge is 2.44. The molecule has 0 radical (unpaired) electrons.